The predicted molar refractivity (Wildman–Crippen MR) is 74.7 cm³/mol. The Bertz CT molecular complexity index is 847. The highest BCUT2D eigenvalue weighted by molar-refractivity contribution is 7.92. The van der Waals surface area contributed by atoms with Gasteiger partial charge in [0.1, 0.15) is 0 Å². The third-order valence-corrected chi connectivity index (χ3v) is 4.07. The molecule has 22 heavy (non-hydrogen) atoms. The molecule has 0 aromatic heterocycles. The lowest BCUT2D eigenvalue weighted by Crippen LogP contribution is -2.22. The van der Waals surface area contributed by atoms with E-state index in [0.29, 0.717) is 0 Å². The number of carbonyl (C=O) groups is 1. The number of nitrogens with one attached hydrogen (secondary N) is 1. The van der Waals surface area contributed by atoms with Crippen LogP contribution in [-0.2, 0) is 10.0 Å². The van der Waals surface area contributed by atoms with E-state index in [1.807, 2.05) is 0 Å². The van der Waals surface area contributed by atoms with Crippen molar-refractivity contribution in [2.24, 2.45) is 0 Å². The Morgan fingerprint density at radius 2 is 1.77 bits per heavy atom. The van der Waals surface area contributed by atoms with Crippen molar-refractivity contribution in [3.8, 4) is 0 Å². The zero-order valence-corrected chi connectivity index (χ0v) is 11.7. The number of hydrogen-bond acceptors (Lipinski definition) is 6. The number of carbonyl (C=O) groups excluding carboxylic acids is 1. The third-order valence-electron chi connectivity index (χ3n) is 2.69. The quantitative estimate of drug-likeness (QED) is 0.639. The fourth-order valence-electron chi connectivity index (χ4n) is 1.69. The Balaban J connectivity index is 2.35. The molecule has 0 aliphatic heterocycles. The Morgan fingerprint density at radius 3 is 2.41 bits per heavy atom. The number of sulfonamides is 1. The summed E-state index contributed by atoms with van der Waals surface area (Å²) in [7, 11) is -4.08. The normalized spacial score (nSPS) is 10.9. The SMILES string of the molecule is O=C([O-])c1cccc(NS(=O)(=O)c2cccc([N+](=O)[O-])c2)c1. The van der Waals surface area contributed by atoms with Crippen LogP contribution in [-0.4, -0.2) is 19.3 Å². The Hall–Kier alpha value is -2.94. The van der Waals surface area contributed by atoms with E-state index in [4.69, 9.17) is 0 Å². The van der Waals surface area contributed by atoms with Gasteiger partial charge in [-0.1, -0.05) is 18.2 Å². The van der Waals surface area contributed by atoms with Crippen LogP contribution in [0.1, 0.15) is 10.4 Å². The number of carboxylic acid groups (broad SMARTS) is 1. The summed E-state index contributed by atoms with van der Waals surface area (Å²) in [4.78, 5) is 20.4. The van der Waals surface area contributed by atoms with Crippen LogP contribution in [0.5, 0.6) is 0 Å². The van der Waals surface area contributed by atoms with E-state index in [1.165, 1.54) is 30.3 Å². The fourth-order valence-corrected chi connectivity index (χ4v) is 2.78. The monoisotopic (exact) mass is 321 g/mol. The van der Waals surface area contributed by atoms with Gasteiger partial charge >= 0.3 is 0 Å². The first-order valence-corrected chi connectivity index (χ1v) is 7.36. The number of nitrogens with zero attached hydrogens (tertiary/aromatic N) is 1. The first-order valence-electron chi connectivity index (χ1n) is 5.88. The molecular formula is C13H9N2O6S-. The van der Waals surface area contributed by atoms with E-state index in [9.17, 15) is 28.4 Å². The molecular weight excluding hydrogens is 312 g/mol. The van der Waals surface area contributed by atoms with Gasteiger partial charge in [-0.3, -0.25) is 14.8 Å². The molecule has 0 fully saturated rings. The van der Waals surface area contributed by atoms with E-state index in [0.717, 1.165) is 18.2 Å². The number of nitro benzene ring substituents is 1. The molecule has 1 N–H and O–H groups in total. The van der Waals surface area contributed by atoms with Crippen LogP contribution in [0.2, 0.25) is 0 Å². The minimum atomic E-state index is -4.08. The minimum Gasteiger partial charge on any atom is -0.545 e. The molecule has 0 spiro atoms. The van der Waals surface area contributed by atoms with Gasteiger partial charge in [-0.15, -0.1) is 0 Å². The second-order valence-electron chi connectivity index (χ2n) is 4.23. The first-order chi connectivity index (χ1) is 10.3. The molecule has 9 heteroatoms. The zero-order valence-electron chi connectivity index (χ0n) is 10.9. The van der Waals surface area contributed by atoms with Crippen molar-refractivity contribution < 1.29 is 23.2 Å². The van der Waals surface area contributed by atoms with Gasteiger partial charge in [0.05, 0.1) is 15.8 Å². The van der Waals surface area contributed by atoms with Crippen molar-refractivity contribution in [1.29, 1.82) is 0 Å². The molecule has 0 saturated heterocycles. The van der Waals surface area contributed by atoms with Crippen LogP contribution in [0.25, 0.3) is 0 Å². The Labute approximate surface area is 125 Å². The molecule has 0 aliphatic carbocycles. The second kappa shape index (κ2) is 5.82. The summed E-state index contributed by atoms with van der Waals surface area (Å²) in [5.41, 5.74) is -0.557. The number of anilines is 1. The van der Waals surface area contributed by atoms with Crippen LogP contribution >= 0.6 is 0 Å². The molecule has 8 nitrogen and oxygen atoms in total. The topological polar surface area (TPSA) is 129 Å². The molecule has 0 aliphatic rings. The van der Waals surface area contributed by atoms with Gasteiger partial charge in [0.25, 0.3) is 15.7 Å². The fraction of sp³-hybridized carbons (Fsp3) is 0. The van der Waals surface area contributed by atoms with E-state index >= 15 is 0 Å². The lowest BCUT2D eigenvalue weighted by atomic mass is 10.2. The Morgan fingerprint density at radius 1 is 1.09 bits per heavy atom. The summed E-state index contributed by atoms with van der Waals surface area (Å²) < 4.78 is 26.5. The van der Waals surface area contributed by atoms with Crippen molar-refractivity contribution in [3.05, 3.63) is 64.2 Å². The average molecular weight is 321 g/mol. The highest BCUT2D eigenvalue weighted by atomic mass is 32.2. The number of non-ortho nitro benzene ring substituents is 1. The molecule has 0 heterocycles. The number of benzene rings is 2. The molecule has 2 rings (SSSR count). The van der Waals surface area contributed by atoms with E-state index in [2.05, 4.69) is 4.72 Å². The van der Waals surface area contributed by atoms with Crippen LogP contribution in [0.3, 0.4) is 0 Å². The number of nitro groups is 1. The second-order valence-corrected chi connectivity index (χ2v) is 5.91. The largest absolute Gasteiger partial charge is 0.545 e. The summed E-state index contributed by atoms with van der Waals surface area (Å²) in [6.45, 7) is 0. The summed E-state index contributed by atoms with van der Waals surface area (Å²) >= 11 is 0. The van der Waals surface area contributed by atoms with Crippen molar-refractivity contribution in [1.82, 2.24) is 0 Å². The lowest BCUT2D eigenvalue weighted by molar-refractivity contribution is -0.385. The molecule has 0 saturated carbocycles. The summed E-state index contributed by atoms with van der Waals surface area (Å²) in [5.74, 6) is -1.45. The van der Waals surface area contributed by atoms with Crippen molar-refractivity contribution in [2.75, 3.05) is 4.72 Å². The number of aromatic carboxylic acids is 1. The summed E-state index contributed by atoms with van der Waals surface area (Å²) in [5, 5.41) is 21.4. The third kappa shape index (κ3) is 3.38. The molecule has 2 aromatic carbocycles. The number of hydrogen-bond donors (Lipinski definition) is 1. The molecule has 0 unspecified atom stereocenters. The van der Waals surface area contributed by atoms with E-state index in [1.54, 1.807) is 0 Å². The average Bonchev–Trinajstić information content (AvgIpc) is 2.47. The van der Waals surface area contributed by atoms with E-state index < -0.39 is 20.9 Å². The predicted octanol–water partition coefficient (Wildman–Crippen LogP) is 0.759. The minimum absolute atomic E-state index is 0.00760. The molecule has 0 amide bonds. The highest BCUT2D eigenvalue weighted by Crippen LogP contribution is 2.20. The first kappa shape index (κ1) is 15.4. The highest BCUT2D eigenvalue weighted by Gasteiger charge is 2.17. The van der Waals surface area contributed by atoms with Crippen LogP contribution in [0, 0.1) is 10.1 Å². The maximum absolute atomic E-state index is 12.2. The van der Waals surface area contributed by atoms with Gasteiger partial charge in [-0.2, -0.15) is 0 Å². The van der Waals surface area contributed by atoms with Crippen LogP contribution in [0.4, 0.5) is 11.4 Å². The maximum Gasteiger partial charge on any atom is 0.270 e. The van der Waals surface area contributed by atoms with Gasteiger partial charge in [-0.05, 0) is 23.8 Å². The lowest BCUT2D eigenvalue weighted by Gasteiger charge is -2.10. The van der Waals surface area contributed by atoms with Crippen molar-refractivity contribution in [3.63, 3.8) is 0 Å². The zero-order chi connectivity index (χ0) is 16.3. The summed E-state index contributed by atoms with van der Waals surface area (Å²) in [6.07, 6.45) is 0. The maximum atomic E-state index is 12.2. The number of carboxylic acids is 1. The van der Waals surface area contributed by atoms with Gasteiger partial charge in [0, 0.05) is 17.8 Å². The van der Waals surface area contributed by atoms with Gasteiger partial charge < -0.3 is 9.90 Å². The van der Waals surface area contributed by atoms with Gasteiger partial charge in [-0.25, -0.2) is 8.42 Å². The van der Waals surface area contributed by atoms with E-state index in [-0.39, 0.29) is 21.8 Å². The Kier molecular flexibility index (Phi) is 4.08. The molecule has 0 bridgehead atoms. The molecule has 2 aromatic rings. The smallest absolute Gasteiger partial charge is 0.270 e. The molecule has 114 valence electrons. The standard InChI is InChI=1S/C13H10N2O6S/c16-13(17)9-3-1-4-10(7-9)14-22(20,21)12-6-2-5-11(8-12)15(18)19/h1-8,14H,(H,16,17)/p-1. The van der Waals surface area contributed by atoms with Crippen LogP contribution < -0.4 is 9.83 Å². The van der Waals surface area contributed by atoms with Crippen molar-refractivity contribution >= 4 is 27.4 Å². The summed E-state index contributed by atoms with van der Waals surface area (Å²) in [6, 6.07) is 9.53. The van der Waals surface area contributed by atoms with Crippen molar-refractivity contribution in [2.45, 2.75) is 4.90 Å². The van der Waals surface area contributed by atoms with Gasteiger partial charge in [0.2, 0.25) is 0 Å². The van der Waals surface area contributed by atoms with Crippen LogP contribution in [0.15, 0.2) is 53.4 Å². The van der Waals surface area contributed by atoms with Gasteiger partial charge in [0.15, 0.2) is 0 Å². The number of rotatable bonds is 5. The molecule has 0 radical (unpaired) electrons. The molecule has 0 atom stereocenters.